The summed E-state index contributed by atoms with van der Waals surface area (Å²) in [5.41, 5.74) is 1.41. The molecule has 1 N–H and O–H groups in total. The number of benzene rings is 1. The van der Waals surface area contributed by atoms with Crippen LogP contribution in [0.15, 0.2) is 27.8 Å². The van der Waals surface area contributed by atoms with Gasteiger partial charge in [0.05, 0.1) is 5.71 Å². The van der Waals surface area contributed by atoms with Crippen LogP contribution < -0.4 is 0 Å². The first-order chi connectivity index (χ1) is 7.58. The minimum Gasteiger partial charge on any atom is -0.478 e. The molecule has 2 rings (SSSR count). The van der Waals surface area contributed by atoms with Crippen molar-refractivity contribution in [2.75, 3.05) is 0 Å². The molecule has 0 bridgehead atoms. The summed E-state index contributed by atoms with van der Waals surface area (Å²) >= 11 is 9.15. The lowest BCUT2D eigenvalue weighted by molar-refractivity contribution is -0.148. The van der Waals surface area contributed by atoms with Gasteiger partial charge in [-0.3, -0.25) is 0 Å². The molecule has 1 heterocycles. The lowest BCUT2D eigenvalue weighted by Gasteiger charge is -2.03. The molecule has 1 aromatic carbocycles. The number of halogens is 2. The number of carboxylic acid groups (broad SMARTS) is 1. The van der Waals surface area contributed by atoms with Crippen LogP contribution >= 0.6 is 27.5 Å². The number of rotatable bonds is 2. The Morgan fingerprint density at radius 3 is 2.94 bits per heavy atom. The van der Waals surface area contributed by atoms with Crippen LogP contribution in [0.1, 0.15) is 12.0 Å². The van der Waals surface area contributed by atoms with Gasteiger partial charge in [0.1, 0.15) is 0 Å². The molecular weight excluding hydrogens is 297 g/mol. The molecule has 0 radical (unpaired) electrons. The van der Waals surface area contributed by atoms with Gasteiger partial charge in [0.2, 0.25) is 6.10 Å². The van der Waals surface area contributed by atoms with Crippen LogP contribution in [-0.2, 0) is 9.63 Å². The van der Waals surface area contributed by atoms with Gasteiger partial charge in [0.25, 0.3) is 0 Å². The van der Waals surface area contributed by atoms with Crippen LogP contribution in [0.3, 0.4) is 0 Å². The lowest BCUT2D eigenvalue weighted by Crippen LogP contribution is -2.19. The molecule has 1 unspecified atom stereocenters. The van der Waals surface area contributed by atoms with Crippen LogP contribution in [-0.4, -0.2) is 22.9 Å². The maximum atomic E-state index is 10.7. The topological polar surface area (TPSA) is 58.9 Å². The maximum absolute atomic E-state index is 10.7. The van der Waals surface area contributed by atoms with Crippen LogP contribution in [0.5, 0.6) is 0 Å². The Labute approximate surface area is 105 Å². The molecule has 0 aromatic heterocycles. The van der Waals surface area contributed by atoms with Gasteiger partial charge in [-0.2, -0.15) is 0 Å². The normalized spacial score (nSPS) is 19.1. The first-order valence-corrected chi connectivity index (χ1v) is 5.66. The van der Waals surface area contributed by atoms with E-state index in [-0.39, 0.29) is 6.42 Å². The van der Waals surface area contributed by atoms with Crippen LogP contribution in [0, 0.1) is 0 Å². The third-order valence-corrected chi connectivity index (χ3v) is 3.08. The number of hydrogen-bond donors (Lipinski definition) is 1. The second-order valence-electron chi connectivity index (χ2n) is 3.30. The molecule has 0 aliphatic carbocycles. The van der Waals surface area contributed by atoms with Crippen molar-refractivity contribution in [1.29, 1.82) is 0 Å². The van der Waals surface area contributed by atoms with Crippen molar-refractivity contribution in [2.24, 2.45) is 5.16 Å². The SMILES string of the molecule is O=C(O)C1CC(c2ccc(Cl)cc2Br)=NO1. The summed E-state index contributed by atoms with van der Waals surface area (Å²) < 4.78 is 0.772. The van der Waals surface area contributed by atoms with Crippen LogP contribution in [0.25, 0.3) is 0 Å². The second-order valence-corrected chi connectivity index (χ2v) is 4.59. The Hall–Kier alpha value is -1.07. The van der Waals surface area contributed by atoms with E-state index >= 15 is 0 Å². The van der Waals surface area contributed by atoms with Gasteiger partial charge < -0.3 is 9.94 Å². The quantitative estimate of drug-likeness (QED) is 0.914. The van der Waals surface area contributed by atoms with Gasteiger partial charge in [0, 0.05) is 21.5 Å². The van der Waals surface area contributed by atoms with Crippen molar-refractivity contribution >= 4 is 39.2 Å². The summed E-state index contributed by atoms with van der Waals surface area (Å²) in [7, 11) is 0. The van der Waals surface area contributed by atoms with Gasteiger partial charge in [-0.1, -0.05) is 38.8 Å². The first-order valence-electron chi connectivity index (χ1n) is 4.49. The van der Waals surface area contributed by atoms with E-state index in [4.69, 9.17) is 21.5 Å². The summed E-state index contributed by atoms with van der Waals surface area (Å²) in [5.74, 6) is -1.01. The van der Waals surface area contributed by atoms with E-state index < -0.39 is 12.1 Å². The van der Waals surface area contributed by atoms with E-state index in [1.54, 1.807) is 18.2 Å². The number of aliphatic carboxylic acids is 1. The van der Waals surface area contributed by atoms with Crippen molar-refractivity contribution < 1.29 is 14.7 Å². The van der Waals surface area contributed by atoms with Crippen molar-refractivity contribution in [3.8, 4) is 0 Å². The van der Waals surface area contributed by atoms with Crippen molar-refractivity contribution in [3.05, 3.63) is 33.3 Å². The molecule has 4 nitrogen and oxygen atoms in total. The third-order valence-electron chi connectivity index (χ3n) is 2.19. The van der Waals surface area contributed by atoms with Crippen molar-refractivity contribution in [1.82, 2.24) is 0 Å². The molecule has 1 aliphatic heterocycles. The van der Waals surface area contributed by atoms with Gasteiger partial charge in [-0.25, -0.2) is 4.79 Å². The van der Waals surface area contributed by atoms with E-state index in [9.17, 15) is 4.79 Å². The molecule has 0 fully saturated rings. The van der Waals surface area contributed by atoms with Crippen molar-refractivity contribution in [3.63, 3.8) is 0 Å². The van der Waals surface area contributed by atoms with Gasteiger partial charge >= 0.3 is 5.97 Å². The molecule has 1 aromatic rings. The second kappa shape index (κ2) is 4.43. The highest BCUT2D eigenvalue weighted by Crippen LogP contribution is 2.26. The highest BCUT2D eigenvalue weighted by molar-refractivity contribution is 9.10. The molecule has 1 aliphatic rings. The summed E-state index contributed by atoms with van der Waals surface area (Å²) in [6.45, 7) is 0. The van der Waals surface area contributed by atoms with Gasteiger partial charge in [0.15, 0.2) is 0 Å². The Balaban J connectivity index is 2.24. The predicted molar refractivity (Wildman–Crippen MR) is 62.8 cm³/mol. The highest BCUT2D eigenvalue weighted by atomic mass is 79.9. The highest BCUT2D eigenvalue weighted by Gasteiger charge is 2.29. The third kappa shape index (κ3) is 2.20. The Morgan fingerprint density at radius 1 is 1.62 bits per heavy atom. The molecule has 1 atom stereocenters. The zero-order valence-corrected chi connectivity index (χ0v) is 10.3. The minimum atomic E-state index is -1.01. The molecule has 0 saturated carbocycles. The van der Waals surface area contributed by atoms with Gasteiger partial charge in [-0.15, -0.1) is 0 Å². The number of nitrogens with zero attached hydrogens (tertiary/aromatic N) is 1. The van der Waals surface area contributed by atoms with Crippen LogP contribution in [0.4, 0.5) is 0 Å². The standard InChI is InChI=1S/C10H7BrClNO3/c11-7-3-5(12)1-2-6(7)8-4-9(10(14)15)16-13-8/h1-3,9H,4H2,(H,14,15). The first kappa shape index (κ1) is 11.4. The molecule has 0 spiro atoms. The largest absolute Gasteiger partial charge is 0.478 e. The summed E-state index contributed by atoms with van der Waals surface area (Å²) in [4.78, 5) is 15.5. The molecule has 0 amide bonds. The Bertz CT molecular complexity index is 475. The van der Waals surface area contributed by atoms with E-state index in [0.717, 1.165) is 10.0 Å². The zero-order chi connectivity index (χ0) is 11.7. The average Bonchev–Trinajstić information content (AvgIpc) is 2.66. The van der Waals surface area contributed by atoms with Crippen LogP contribution in [0.2, 0.25) is 5.02 Å². The number of carbonyl (C=O) groups is 1. The lowest BCUT2D eigenvalue weighted by atomic mass is 10.1. The molecule has 16 heavy (non-hydrogen) atoms. The average molecular weight is 305 g/mol. The fourth-order valence-electron chi connectivity index (χ4n) is 1.39. The van der Waals surface area contributed by atoms with E-state index in [1.165, 1.54) is 0 Å². The molecule has 0 saturated heterocycles. The zero-order valence-electron chi connectivity index (χ0n) is 7.98. The van der Waals surface area contributed by atoms with Gasteiger partial charge in [-0.05, 0) is 12.1 Å². The molecule has 6 heteroatoms. The summed E-state index contributed by atoms with van der Waals surface area (Å²) in [6, 6.07) is 5.23. The Morgan fingerprint density at radius 2 is 2.38 bits per heavy atom. The number of carboxylic acids is 1. The summed E-state index contributed by atoms with van der Waals surface area (Å²) in [5, 5.41) is 13.1. The molecule has 84 valence electrons. The number of hydrogen-bond acceptors (Lipinski definition) is 3. The molecular formula is C10H7BrClNO3. The monoisotopic (exact) mass is 303 g/mol. The number of oxime groups is 1. The fourth-order valence-corrected chi connectivity index (χ4v) is 2.30. The smallest absolute Gasteiger partial charge is 0.348 e. The fraction of sp³-hybridized carbons (Fsp3) is 0.200. The van der Waals surface area contributed by atoms with E-state index in [1.807, 2.05) is 0 Å². The summed E-state index contributed by atoms with van der Waals surface area (Å²) in [6.07, 6.45) is -0.632. The minimum absolute atomic E-state index is 0.259. The van der Waals surface area contributed by atoms with Crippen molar-refractivity contribution in [2.45, 2.75) is 12.5 Å². The van der Waals surface area contributed by atoms with E-state index in [0.29, 0.717) is 10.7 Å². The predicted octanol–water partition coefficient (Wildman–Crippen LogP) is 2.68. The Kier molecular flexibility index (Phi) is 3.16. The maximum Gasteiger partial charge on any atom is 0.348 e. The van der Waals surface area contributed by atoms with E-state index in [2.05, 4.69) is 21.1 Å².